The molecule has 2 N–H and O–H groups in total. The van der Waals surface area contributed by atoms with Gasteiger partial charge in [0.2, 0.25) is 5.43 Å². The summed E-state index contributed by atoms with van der Waals surface area (Å²) in [6, 6.07) is 7.00. The van der Waals surface area contributed by atoms with Crippen LogP contribution in [0.4, 0.5) is 5.82 Å². The molecule has 1 aliphatic heterocycles. The number of piperazine rings is 1. The number of carboxylic acid groups (broad SMARTS) is 1. The van der Waals surface area contributed by atoms with Gasteiger partial charge in [0.25, 0.3) is 0 Å². The molecule has 0 amide bonds. The number of hydrogen-bond acceptors (Lipinski definition) is 4. The van der Waals surface area contributed by atoms with E-state index in [-0.39, 0.29) is 5.56 Å². The molecule has 0 bridgehead atoms. The zero-order valence-corrected chi connectivity index (χ0v) is 11.8. The highest BCUT2D eigenvalue weighted by atomic mass is 16.4. The molecule has 1 saturated heterocycles. The molecular formula is C15H17N3O3. The topological polar surface area (TPSA) is 76.6 Å². The number of anilines is 1. The second-order valence-electron chi connectivity index (χ2n) is 5.32. The summed E-state index contributed by atoms with van der Waals surface area (Å²) < 4.78 is 0. The Balaban J connectivity index is 2.18. The molecule has 1 aromatic carbocycles. The van der Waals surface area contributed by atoms with Crippen molar-refractivity contribution in [3.63, 3.8) is 0 Å². The van der Waals surface area contributed by atoms with Gasteiger partial charge in [-0.25, -0.2) is 4.79 Å². The van der Waals surface area contributed by atoms with E-state index in [1.54, 1.807) is 18.2 Å². The molecular weight excluding hydrogens is 270 g/mol. The largest absolute Gasteiger partial charge is 0.477 e. The van der Waals surface area contributed by atoms with Gasteiger partial charge in [0.1, 0.15) is 11.4 Å². The van der Waals surface area contributed by atoms with Gasteiger partial charge in [0.15, 0.2) is 0 Å². The lowest BCUT2D eigenvalue weighted by molar-refractivity contribution is 0.0696. The maximum Gasteiger partial charge on any atom is 0.343 e. The smallest absolute Gasteiger partial charge is 0.343 e. The maximum absolute atomic E-state index is 12.5. The number of benzene rings is 1. The Labute approximate surface area is 121 Å². The monoisotopic (exact) mass is 287 g/mol. The number of fused-ring (bicyclic) bond motifs is 1. The molecule has 110 valence electrons. The molecule has 1 fully saturated rings. The van der Waals surface area contributed by atoms with Crippen molar-refractivity contribution in [3.05, 3.63) is 40.1 Å². The van der Waals surface area contributed by atoms with Crippen LogP contribution in [0.25, 0.3) is 10.9 Å². The summed E-state index contributed by atoms with van der Waals surface area (Å²) in [7, 11) is 2.03. The van der Waals surface area contributed by atoms with E-state index in [9.17, 15) is 14.7 Å². The van der Waals surface area contributed by atoms with E-state index < -0.39 is 11.4 Å². The average Bonchev–Trinajstić information content (AvgIpc) is 2.47. The van der Waals surface area contributed by atoms with Crippen molar-refractivity contribution >= 4 is 22.7 Å². The van der Waals surface area contributed by atoms with E-state index in [1.807, 2.05) is 18.0 Å². The molecule has 0 unspecified atom stereocenters. The fourth-order valence-electron chi connectivity index (χ4n) is 2.69. The van der Waals surface area contributed by atoms with Crippen LogP contribution in [0, 0.1) is 0 Å². The van der Waals surface area contributed by atoms with E-state index in [1.165, 1.54) is 0 Å². The highest BCUT2D eigenvalue weighted by Gasteiger charge is 2.24. The highest BCUT2D eigenvalue weighted by Crippen LogP contribution is 2.20. The zero-order valence-electron chi connectivity index (χ0n) is 11.8. The predicted molar refractivity (Wildman–Crippen MR) is 81.2 cm³/mol. The minimum atomic E-state index is -1.18. The molecule has 0 radical (unpaired) electrons. The first-order valence-corrected chi connectivity index (χ1v) is 6.89. The Morgan fingerprint density at radius 3 is 2.52 bits per heavy atom. The first-order chi connectivity index (χ1) is 10.1. The van der Waals surface area contributed by atoms with Crippen LogP contribution in [0.15, 0.2) is 29.1 Å². The van der Waals surface area contributed by atoms with E-state index in [4.69, 9.17) is 0 Å². The summed E-state index contributed by atoms with van der Waals surface area (Å²) in [6.45, 7) is 3.08. The van der Waals surface area contributed by atoms with E-state index in [0.717, 1.165) is 13.1 Å². The number of para-hydroxylation sites is 1. The third kappa shape index (κ3) is 2.38. The van der Waals surface area contributed by atoms with E-state index >= 15 is 0 Å². The summed E-state index contributed by atoms with van der Waals surface area (Å²) in [4.78, 5) is 31.2. The van der Waals surface area contributed by atoms with Crippen molar-refractivity contribution in [2.24, 2.45) is 0 Å². The summed E-state index contributed by atoms with van der Waals surface area (Å²) in [5.41, 5.74) is 0.0745. The van der Waals surface area contributed by atoms with Gasteiger partial charge < -0.3 is 19.9 Å². The molecule has 6 heteroatoms. The van der Waals surface area contributed by atoms with Crippen molar-refractivity contribution in [1.82, 2.24) is 9.88 Å². The van der Waals surface area contributed by atoms with Crippen LogP contribution in [-0.4, -0.2) is 54.2 Å². The Bertz CT molecular complexity index is 745. The Morgan fingerprint density at radius 2 is 1.86 bits per heavy atom. The van der Waals surface area contributed by atoms with Crippen LogP contribution in [0.2, 0.25) is 0 Å². The van der Waals surface area contributed by atoms with Crippen molar-refractivity contribution in [2.75, 3.05) is 38.1 Å². The van der Waals surface area contributed by atoms with E-state index in [2.05, 4.69) is 9.88 Å². The van der Waals surface area contributed by atoms with Crippen LogP contribution >= 0.6 is 0 Å². The van der Waals surface area contributed by atoms with Gasteiger partial charge in [-0.05, 0) is 19.2 Å². The Hall–Kier alpha value is -2.34. The average molecular weight is 287 g/mol. The van der Waals surface area contributed by atoms with Crippen LogP contribution in [0.3, 0.4) is 0 Å². The molecule has 3 rings (SSSR count). The Kier molecular flexibility index (Phi) is 3.39. The van der Waals surface area contributed by atoms with Gasteiger partial charge in [0.05, 0.1) is 5.52 Å². The third-order valence-electron chi connectivity index (χ3n) is 3.92. The number of likely N-dealkylation sites (N-methyl/N-ethyl adjacent to an activating group) is 1. The number of aromatic amines is 1. The van der Waals surface area contributed by atoms with Crippen LogP contribution in [-0.2, 0) is 0 Å². The summed E-state index contributed by atoms with van der Waals surface area (Å²) in [5, 5.41) is 9.84. The normalized spacial score (nSPS) is 16.3. The molecule has 21 heavy (non-hydrogen) atoms. The van der Waals surface area contributed by atoms with Crippen LogP contribution in [0.5, 0.6) is 0 Å². The van der Waals surface area contributed by atoms with Gasteiger partial charge in [-0.15, -0.1) is 0 Å². The SMILES string of the molecule is CN1CCN(c2[nH]c3ccccc3c(=O)c2C(=O)O)CC1. The molecule has 1 aromatic heterocycles. The molecule has 0 saturated carbocycles. The number of aromatic carboxylic acids is 1. The lowest BCUT2D eigenvalue weighted by atomic mass is 10.1. The van der Waals surface area contributed by atoms with Gasteiger partial charge in [-0.1, -0.05) is 12.1 Å². The van der Waals surface area contributed by atoms with Gasteiger partial charge in [-0.2, -0.15) is 0 Å². The van der Waals surface area contributed by atoms with Gasteiger partial charge >= 0.3 is 5.97 Å². The number of hydrogen-bond donors (Lipinski definition) is 2. The number of rotatable bonds is 2. The number of pyridine rings is 1. The number of aromatic nitrogens is 1. The van der Waals surface area contributed by atoms with Crippen LogP contribution in [0.1, 0.15) is 10.4 Å². The minimum absolute atomic E-state index is 0.168. The van der Waals surface area contributed by atoms with Crippen molar-refractivity contribution in [1.29, 1.82) is 0 Å². The highest BCUT2D eigenvalue weighted by molar-refractivity contribution is 5.98. The molecule has 2 heterocycles. The third-order valence-corrected chi connectivity index (χ3v) is 3.92. The molecule has 0 spiro atoms. The number of nitrogens with zero attached hydrogens (tertiary/aromatic N) is 2. The second kappa shape index (κ2) is 5.21. The van der Waals surface area contributed by atoms with Crippen molar-refractivity contribution < 1.29 is 9.90 Å². The molecule has 1 aliphatic rings. The number of nitrogens with one attached hydrogen (secondary N) is 1. The maximum atomic E-state index is 12.5. The number of carbonyl (C=O) groups is 1. The fourth-order valence-corrected chi connectivity index (χ4v) is 2.69. The summed E-state index contributed by atoms with van der Waals surface area (Å²) in [6.07, 6.45) is 0. The fraction of sp³-hybridized carbons (Fsp3) is 0.333. The standard InChI is InChI=1S/C15H17N3O3/c1-17-6-8-18(9-7-17)14-12(15(20)21)13(19)10-4-2-3-5-11(10)16-14/h2-5H,6-9H2,1H3,(H,16,19)(H,20,21). The van der Waals surface area contributed by atoms with E-state index in [0.29, 0.717) is 29.8 Å². The molecule has 0 atom stereocenters. The molecule has 6 nitrogen and oxygen atoms in total. The Morgan fingerprint density at radius 1 is 1.19 bits per heavy atom. The van der Waals surface area contributed by atoms with Gasteiger partial charge in [-0.3, -0.25) is 4.79 Å². The first-order valence-electron chi connectivity index (χ1n) is 6.89. The minimum Gasteiger partial charge on any atom is -0.477 e. The number of carboxylic acids is 1. The lowest BCUT2D eigenvalue weighted by Crippen LogP contribution is -2.46. The first kappa shape index (κ1) is 13.6. The quantitative estimate of drug-likeness (QED) is 0.861. The summed E-state index contributed by atoms with van der Waals surface area (Å²) in [5.74, 6) is -0.768. The second-order valence-corrected chi connectivity index (χ2v) is 5.32. The van der Waals surface area contributed by atoms with Crippen LogP contribution < -0.4 is 10.3 Å². The number of H-pyrrole nitrogens is 1. The van der Waals surface area contributed by atoms with Crippen molar-refractivity contribution in [2.45, 2.75) is 0 Å². The summed E-state index contributed by atoms with van der Waals surface area (Å²) >= 11 is 0. The van der Waals surface area contributed by atoms with Gasteiger partial charge in [0, 0.05) is 31.6 Å². The zero-order chi connectivity index (χ0) is 15.0. The molecule has 2 aromatic rings. The molecule has 0 aliphatic carbocycles. The predicted octanol–water partition coefficient (Wildman–Crippen LogP) is 0.978. The van der Waals surface area contributed by atoms with Crippen molar-refractivity contribution in [3.8, 4) is 0 Å². The lowest BCUT2D eigenvalue weighted by Gasteiger charge is -2.34.